The number of ether oxygens (including phenoxy) is 2. The van der Waals surface area contributed by atoms with Gasteiger partial charge in [-0.15, -0.1) is 19.8 Å². The zero-order valence-electron chi connectivity index (χ0n) is 34.1. The number of halogens is 4. The Morgan fingerprint density at radius 2 is 1.71 bits per heavy atom. The number of aromatic nitrogens is 2. The average molecular weight is 877 g/mol. The zero-order chi connectivity index (χ0) is 44.4. The summed E-state index contributed by atoms with van der Waals surface area (Å²) in [7, 11) is -3.93. The van der Waals surface area contributed by atoms with Crippen LogP contribution in [0.2, 0.25) is 0 Å². The highest BCUT2D eigenvalue weighted by atomic mass is 32.2. The SMILES string of the molecule is C=C[C@@H]1C[C@]1(CC(=O)[C@@H]1C[C@@H](Oc2nc(-c3ccc(OC(F)(F)F)cc3)nc3c2oc2ccccc23)CN1C(=O)[C@@H](Cc1ccc(F)cc1)C(C)(C)C)C(=O)NS(=O)(=O)C1CC1. The molecule has 1 saturated heterocycles. The quantitative estimate of drug-likeness (QED) is 0.0854. The lowest BCUT2D eigenvalue weighted by Gasteiger charge is -2.35. The minimum absolute atomic E-state index is 0.0423. The third-order valence-corrected chi connectivity index (χ3v) is 13.8. The van der Waals surface area contributed by atoms with Gasteiger partial charge in [-0.1, -0.05) is 51.1 Å². The van der Waals surface area contributed by atoms with Crippen molar-refractivity contribution in [3.63, 3.8) is 0 Å². The molecule has 3 fully saturated rings. The number of fused-ring (bicyclic) bond motifs is 3. The predicted molar refractivity (Wildman–Crippen MR) is 219 cm³/mol. The lowest BCUT2D eigenvalue weighted by Crippen LogP contribution is -2.48. The molecule has 2 aliphatic carbocycles. The van der Waals surface area contributed by atoms with Crippen molar-refractivity contribution in [2.45, 2.75) is 83.1 Å². The number of carbonyl (C=O) groups is 3. The molecule has 12 nitrogen and oxygen atoms in total. The second-order valence-electron chi connectivity index (χ2n) is 17.5. The molecule has 3 aromatic carbocycles. The number of likely N-dealkylation sites (tertiary alicyclic amines) is 1. The molecule has 0 spiro atoms. The minimum atomic E-state index is -4.90. The van der Waals surface area contributed by atoms with Gasteiger partial charge in [-0.3, -0.25) is 19.1 Å². The first-order valence-corrected chi connectivity index (χ1v) is 21.8. The largest absolute Gasteiger partial charge is 0.573 e. The number of amides is 2. The maximum atomic E-state index is 14.9. The Balaban J connectivity index is 1.14. The first-order valence-electron chi connectivity index (χ1n) is 20.2. The van der Waals surface area contributed by atoms with Crippen LogP contribution in [0.25, 0.3) is 33.5 Å². The molecule has 1 N–H and O–H groups in total. The molecule has 0 unspecified atom stereocenters. The highest BCUT2D eigenvalue weighted by Gasteiger charge is 2.61. The Kier molecular flexibility index (Phi) is 10.9. The van der Waals surface area contributed by atoms with Gasteiger partial charge in [0.15, 0.2) is 11.6 Å². The Morgan fingerprint density at radius 1 is 1.02 bits per heavy atom. The van der Waals surface area contributed by atoms with E-state index in [1.807, 2.05) is 20.8 Å². The molecule has 2 saturated carbocycles. The van der Waals surface area contributed by atoms with Gasteiger partial charge in [0.05, 0.1) is 23.3 Å². The van der Waals surface area contributed by atoms with Gasteiger partial charge in [-0.2, -0.15) is 4.98 Å². The predicted octanol–water partition coefficient (Wildman–Crippen LogP) is 8.09. The Labute approximate surface area is 354 Å². The van der Waals surface area contributed by atoms with Crippen molar-refractivity contribution >= 4 is 49.7 Å². The Hall–Kier alpha value is -5.84. The molecular weight excluding hydrogens is 833 g/mol. The first kappa shape index (κ1) is 42.8. The summed E-state index contributed by atoms with van der Waals surface area (Å²) in [5, 5.41) is -0.0636. The van der Waals surface area contributed by atoms with Crippen molar-refractivity contribution in [3.05, 3.63) is 96.8 Å². The molecule has 3 aliphatic rings. The number of alkyl halides is 3. The maximum absolute atomic E-state index is 14.9. The number of nitrogens with one attached hydrogen (secondary N) is 1. The summed E-state index contributed by atoms with van der Waals surface area (Å²) in [5.41, 5.74) is -0.0463. The average Bonchev–Trinajstić information content (AvgIpc) is 4.11. The van der Waals surface area contributed by atoms with Crippen LogP contribution in [-0.4, -0.2) is 71.2 Å². The standard InChI is InChI=1S/C45H44F4N4O8S/c1-5-27-22-44(27,42(56)52-62(57,58)31-18-19-31)23-35(54)34-21-30(24-53(34)41(55)33(43(2,3)4)20-25-10-14-28(46)15-11-25)59-40-38-37(32-8-6-7-9-36(32)60-38)50-39(51-40)26-12-16-29(17-13-26)61-45(47,48)49/h5-17,27,30-31,33-34H,1,18-24H2,2-4H3,(H,52,56)/t27-,30-,33-,34+,44-/m1/s1. The van der Waals surface area contributed by atoms with E-state index in [-0.39, 0.29) is 55.4 Å². The summed E-state index contributed by atoms with van der Waals surface area (Å²) in [4.78, 5) is 54.1. The number of ketones is 1. The first-order chi connectivity index (χ1) is 29.2. The second-order valence-corrected chi connectivity index (χ2v) is 19.4. The molecule has 2 aromatic heterocycles. The van der Waals surface area contributed by atoms with Gasteiger partial charge in [0.25, 0.3) is 5.88 Å². The highest BCUT2D eigenvalue weighted by molar-refractivity contribution is 7.90. The number of furan rings is 1. The van der Waals surface area contributed by atoms with Crippen molar-refractivity contribution in [1.29, 1.82) is 0 Å². The fourth-order valence-electron chi connectivity index (χ4n) is 8.30. The summed E-state index contributed by atoms with van der Waals surface area (Å²) in [6.07, 6.45) is -3.37. The van der Waals surface area contributed by atoms with E-state index in [0.29, 0.717) is 40.5 Å². The molecule has 62 heavy (non-hydrogen) atoms. The van der Waals surface area contributed by atoms with Crippen molar-refractivity contribution in [2.24, 2.45) is 22.7 Å². The van der Waals surface area contributed by atoms with E-state index in [0.717, 1.165) is 12.1 Å². The van der Waals surface area contributed by atoms with Crippen LogP contribution in [0.5, 0.6) is 11.6 Å². The molecule has 8 rings (SSSR count). The van der Waals surface area contributed by atoms with Gasteiger partial charge in [0.2, 0.25) is 27.4 Å². The van der Waals surface area contributed by atoms with Crippen LogP contribution in [0.4, 0.5) is 17.6 Å². The van der Waals surface area contributed by atoms with Crippen LogP contribution >= 0.6 is 0 Å². The highest BCUT2D eigenvalue weighted by Crippen LogP contribution is 2.57. The number of hydrogen-bond acceptors (Lipinski definition) is 10. The van der Waals surface area contributed by atoms with Gasteiger partial charge in [0.1, 0.15) is 28.8 Å². The summed E-state index contributed by atoms with van der Waals surface area (Å²) in [6.45, 7) is 9.38. The van der Waals surface area contributed by atoms with Crippen LogP contribution < -0.4 is 14.2 Å². The van der Waals surface area contributed by atoms with E-state index in [9.17, 15) is 40.4 Å². The van der Waals surface area contributed by atoms with Crippen molar-refractivity contribution < 1.29 is 54.3 Å². The van der Waals surface area contributed by atoms with Crippen LogP contribution in [0, 0.1) is 28.5 Å². The van der Waals surface area contributed by atoms with Gasteiger partial charge in [-0.05, 0) is 91.1 Å². The molecule has 3 heterocycles. The molecule has 326 valence electrons. The lowest BCUT2D eigenvalue weighted by atomic mass is 9.76. The third kappa shape index (κ3) is 8.76. The molecule has 5 aromatic rings. The molecule has 5 atom stereocenters. The van der Waals surface area contributed by atoms with Gasteiger partial charge >= 0.3 is 6.36 Å². The number of para-hydroxylation sites is 1. The van der Waals surface area contributed by atoms with E-state index in [1.165, 1.54) is 35.2 Å². The number of hydrogen-bond donors (Lipinski definition) is 1. The molecule has 2 amide bonds. The number of rotatable bonds is 14. The van der Waals surface area contributed by atoms with Crippen LogP contribution in [0.15, 0.2) is 89.9 Å². The zero-order valence-corrected chi connectivity index (χ0v) is 34.9. The van der Waals surface area contributed by atoms with Gasteiger partial charge in [0, 0.05) is 29.7 Å². The topological polar surface area (TPSA) is 158 Å². The minimum Gasteiger partial charge on any atom is -0.470 e. The van der Waals surface area contributed by atoms with Crippen molar-refractivity contribution in [1.82, 2.24) is 19.6 Å². The smallest absolute Gasteiger partial charge is 0.470 e. The summed E-state index contributed by atoms with van der Waals surface area (Å²) in [6, 6.07) is 16.7. The van der Waals surface area contributed by atoms with Gasteiger partial charge in [-0.25, -0.2) is 17.8 Å². The van der Waals surface area contributed by atoms with Crippen LogP contribution in [0.3, 0.4) is 0 Å². The van der Waals surface area contributed by atoms with Crippen molar-refractivity contribution in [2.75, 3.05) is 6.54 Å². The number of Topliss-reactive ketones (excluding diaryl/α,β-unsaturated/α-hetero) is 1. The van der Waals surface area contributed by atoms with E-state index < -0.39 is 79.7 Å². The normalized spacial score (nSPS) is 22.0. The summed E-state index contributed by atoms with van der Waals surface area (Å²) < 4.78 is 97.4. The lowest BCUT2D eigenvalue weighted by molar-refractivity contribution is -0.274. The molecule has 0 radical (unpaired) electrons. The van der Waals surface area contributed by atoms with E-state index >= 15 is 0 Å². The van der Waals surface area contributed by atoms with Crippen LogP contribution in [0.1, 0.15) is 58.4 Å². The maximum Gasteiger partial charge on any atom is 0.573 e. The molecule has 1 aliphatic heterocycles. The summed E-state index contributed by atoms with van der Waals surface area (Å²) in [5.74, 6) is -3.66. The number of carbonyl (C=O) groups excluding carboxylic acids is 3. The Morgan fingerprint density at radius 3 is 2.34 bits per heavy atom. The monoisotopic (exact) mass is 876 g/mol. The van der Waals surface area contributed by atoms with Gasteiger partial charge < -0.3 is 18.8 Å². The molecule has 0 bridgehead atoms. The third-order valence-electron chi connectivity index (χ3n) is 12.0. The second kappa shape index (κ2) is 15.8. The summed E-state index contributed by atoms with van der Waals surface area (Å²) >= 11 is 0. The van der Waals surface area contributed by atoms with E-state index in [2.05, 4.69) is 21.0 Å². The van der Waals surface area contributed by atoms with Crippen LogP contribution in [-0.2, 0) is 30.8 Å². The molecular formula is C45H44F4N4O8S. The fraction of sp³-hybridized carbons (Fsp3) is 0.400. The fourth-order valence-corrected chi connectivity index (χ4v) is 9.68. The Bertz CT molecular complexity index is 2680. The number of benzene rings is 3. The molecule has 17 heteroatoms. The number of nitrogens with zero attached hydrogens (tertiary/aromatic N) is 3. The van der Waals surface area contributed by atoms with E-state index in [1.54, 1.807) is 36.4 Å². The van der Waals surface area contributed by atoms with Crippen molar-refractivity contribution in [3.8, 4) is 23.0 Å². The number of sulfonamides is 1. The van der Waals surface area contributed by atoms with E-state index in [4.69, 9.17) is 14.1 Å². The number of allylic oxidation sites excluding steroid dienone is 1.